The van der Waals surface area contributed by atoms with E-state index in [9.17, 15) is 28.0 Å². The Bertz CT molecular complexity index is 1590. The summed E-state index contributed by atoms with van der Waals surface area (Å²) < 4.78 is 51.2. The lowest BCUT2D eigenvalue weighted by molar-refractivity contribution is -0.137. The summed E-state index contributed by atoms with van der Waals surface area (Å²) in [6, 6.07) is 17.0. The highest BCUT2D eigenvalue weighted by Crippen LogP contribution is 2.42. The summed E-state index contributed by atoms with van der Waals surface area (Å²) in [5.74, 6) is -1.08. The normalized spacial score (nSPS) is 15.2. The molecule has 12 heteroatoms. The van der Waals surface area contributed by atoms with E-state index in [2.05, 4.69) is 22.0 Å². The molecule has 0 radical (unpaired) electrons. The predicted octanol–water partition coefficient (Wildman–Crippen LogP) is 6.32. The molecule has 8 nitrogen and oxygen atoms in total. The summed E-state index contributed by atoms with van der Waals surface area (Å²) in [6.45, 7) is 3.37. The zero-order chi connectivity index (χ0) is 29.7. The number of halogens is 3. The van der Waals surface area contributed by atoms with Gasteiger partial charge in [0.2, 0.25) is 5.91 Å². The number of aryl methyl sites for hydroxylation is 1. The number of thioether (sulfide) groups is 1. The van der Waals surface area contributed by atoms with Crippen LogP contribution in [0.2, 0.25) is 0 Å². The van der Waals surface area contributed by atoms with Crippen molar-refractivity contribution >= 4 is 35.0 Å². The Balaban J connectivity index is 1.62. The number of hydrogen-bond donors (Lipinski definition) is 3. The van der Waals surface area contributed by atoms with Gasteiger partial charge < -0.3 is 25.1 Å². The average Bonchev–Trinajstić information content (AvgIpc) is 3.37. The first-order valence-electron chi connectivity index (χ1n) is 12.2. The van der Waals surface area contributed by atoms with E-state index in [1.165, 1.54) is 25.3 Å². The Kier molecular flexibility index (Phi) is 8.78. The number of dihydropyridines is 1. The Labute approximate surface area is 238 Å². The van der Waals surface area contributed by atoms with Crippen LogP contribution in [0.4, 0.5) is 24.5 Å². The number of methoxy groups -OCH3 is 1. The third-order valence-electron chi connectivity index (χ3n) is 6.15. The fourth-order valence-electron chi connectivity index (χ4n) is 4.32. The van der Waals surface area contributed by atoms with Gasteiger partial charge in [0.25, 0.3) is 5.91 Å². The van der Waals surface area contributed by atoms with Gasteiger partial charge >= 0.3 is 6.18 Å². The average molecular weight is 583 g/mol. The predicted molar refractivity (Wildman–Crippen MR) is 149 cm³/mol. The minimum atomic E-state index is -4.64. The number of alkyl halides is 3. The largest absolute Gasteiger partial charge is 0.495 e. The number of hydrogen-bond acceptors (Lipinski definition) is 7. The van der Waals surface area contributed by atoms with Crippen molar-refractivity contribution < 1.29 is 31.9 Å². The number of rotatable bonds is 8. The van der Waals surface area contributed by atoms with Crippen LogP contribution in [0.3, 0.4) is 0 Å². The number of carbonyl (C=O) groups excluding carboxylic acids is 2. The monoisotopic (exact) mass is 582 g/mol. The van der Waals surface area contributed by atoms with E-state index in [1.54, 1.807) is 50.2 Å². The van der Waals surface area contributed by atoms with E-state index in [1.807, 2.05) is 0 Å². The molecule has 212 valence electrons. The van der Waals surface area contributed by atoms with Gasteiger partial charge in [-0.05, 0) is 50.2 Å². The number of furan rings is 1. The number of benzene rings is 2. The summed E-state index contributed by atoms with van der Waals surface area (Å²) >= 11 is 0.929. The van der Waals surface area contributed by atoms with E-state index < -0.39 is 29.5 Å². The van der Waals surface area contributed by atoms with Crippen molar-refractivity contribution in [3.05, 3.63) is 99.6 Å². The summed E-state index contributed by atoms with van der Waals surface area (Å²) in [4.78, 5) is 26.2. The van der Waals surface area contributed by atoms with Crippen LogP contribution in [-0.2, 0) is 15.8 Å². The molecular formula is C29H25F3N4O4S. The molecule has 2 amide bonds. The standard InChI is InChI=1S/C29H25F3N4O4S/c1-16-12-13-23(40-16)26-18(14-33)28(41-15-24(37)35-20-9-5-4-8-19(20)29(30,31)32)34-17(2)25(26)27(38)36-21-10-6-7-11-22(21)39-3/h4-13,26,34H,15H2,1-3H3,(H,35,37)(H,36,38). The van der Waals surface area contributed by atoms with Crippen molar-refractivity contribution in [2.24, 2.45) is 0 Å². The van der Waals surface area contributed by atoms with Gasteiger partial charge in [0, 0.05) is 5.70 Å². The van der Waals surface area contributed by atoms with Crippen molar-refractivity contribution in [2.45, 2.75) is 25.9 Å². The Morgan fingerprint density at radius 3 is 2.37 bits per heavy atom. The number of amides is 2. The number of para-hydroxylation sites is 3. The van der Waals surface area contributed by atoms with Crippen molar-refractivity contribution in [3.8, 4) is 11.8 Å². The third-order valence-corrected chi connectivity index (χ3v) is 7.16. The minimum Gasteiger partial charge on any atom is -0.495 e. The number of ether oxygens (including phenoxy) is 1. The van der Waals surface area contributed by atoms with Crippen LogP contribution >= 0.6 is 11.8 Å². The molecule has 1 aliphatic rings. The molecule has 1 atom stereocenters. The number of allylic oxidation sites excluding steroid dienone is 2. The van der Waals surface area contributed by atoms with Crippen molar-refractivity contribution in [2.75, 3.05) is 23.5 Å². The molecule has 4 rings (SSSR count). The highest BCUT2D eigenvalue weighted by atomic mass is 32.2. The number of carbonyl (C=O) groups is 2. The highest BCUT2D eigenvalue weighted by molar-refractivity contribution is 8.03. The summed E-state index contributed by atoms with van der Waals surface area (Å²) in [6.07, 6.45) is -4.64. The third kappa shape index (κ3) is 6.58. The lowest BCUT2D eigenvalue weighted by Gasteiger charge is -2.28. The molecule has 0 aliphatic carbocycles. The van der Waals surface area contributed by atoms with Gasteiger partial charge in [-0.1, -0.05) is 36.0 Å². The Hall–Kier alpha value is -4.63. The molecule has 1 unspecified atom stereocenters. The Morgan fingerprint density at radius 2 is 1.73 bits per heavy atom. The lowest BCUT2D eigenvalue weighted by atomic mass is 9.85. The smallest absolute Gasteiger partial charge is 0.418 e. The zero-order valence-corrected chi connectivity index (χ0v) is 23.0. The van der Waals surface area contributed by atoms with Crippen LogP contribution in [0.5, 0.6) is 5.75 Å². The Morgan fingerprint density at radius 1 is 1.05 bits per heavy atom. The van der Waals surface area contributed by atoms with Crippen LogP contribution in [0.25, 0.3) is 0 Å². The zero-order valence-electron chi connectivity index (χ0n) is 22.2. The maximum absolute atomic E-state index is 13.6. The SMILES string of the molecule is COc1ccccc1NC(=O)C1=C(C)NC(SCC(=O)Nc2ccccc2C(F)(F)F)=C(C#N)C1c1ccc(C)o1. The number of nitrogens with zero attached hydrogens (tertiary/aromatic N) is 1. The van der Waals surface area contributed by atoms with Crippen molar-refractivity contribution in [1.29, 1.82) is 5.26 Å². The quantitative estimate of drug-likeness (QED) is 0.285. The second-order valence-corrected chi connectivity index (χ2v) is 9.92. The first-order chi connectivity index (χ1) is 19.5. The topological polar surface area (TPSA) is 116 Å². The lowest BCUT2D eigenvalue weighted by Crippen LogP contribution is -2.31. The molecular weight excluding hydrogens is 557 g/mol. The molecule has 41 heavy (non-hydrogen) atoms. The van der Waals surface area contributed by atoms with Crippen LogP contribution in [0, 0.1) is 18.3 Å². The van der Waals surface area contributed by atoms with E-state index >= 15 is 0 Å². The van der Waals surface area contributed by atoms with Crippen LogP contribution in [0.15, 0.2) is 87.0 Å². The molecule has 0 spiro atoms. The summed E-state index contributed by atoms with van der Waals surface area (Å²) in [7, 11) is 1.48. The number of anilines is 2. The molecule has 1 aliphatic heterocycles. The van der Waals surface area contributed by atoms with Gasteiger partial charge in [-0.2, -0.15) is 18.4 Å². The molecule has 0 bridgehead atoms. The molecule has 0 saturated heterocycles. The van der Waals surface area contributed by atoms with Gasteiger partial charge in [0.1, 0.15) is 17.3 Å². The van der Waals surface area contributed by atoms with Crippen LogP contribution < -0.4 is 20.7 Å². The number of nitriles is 1. The van der Waals surface area contributed by atoms with Gasteiger partial charge in [0.15, 0.2) is 0 Å². The number of nitrogens with one attached hydrogen (secondary N) is 3. The first kappa shape index (κ1) is 29.4. The van der Waals surface area contributed by atoms with Crippen molar-refractivity contribution in [3.63, 3.8) is 0 Å². The van der Waals surface area contributed by atoms with Crippen LogP contribution in [-0.4, -0.2) is 24.7 Å². The molecule has 2 heterocycles. The fourth-order valence-corrected chi connectivity index (χ4v) is 5.21. The van der Waals surface area contributed by atoms with Gasteiger partial charge in [0.05, 0.1) is 58.0 Å². The minimum absolute atomic E-state index is 0.114. The maximum Gasteiger partial charge on any atom is 0.418 e. The summed E-state index contributed by atoms with van der Waals surface area (Å²) in [5, 5.41) is 18.6. The molecule has 0 fully saturated rings. The van der Waals surface area contributed by atoms with E-state index in [4.69, 9.17) is 9.15 Å². The van der Waals surface area contributed by atoms with E-state index in [-0.39, 0.29) is 27.6 Å². The van der Waals surface area contributed by atoms with E-state index in [0.29, 0.717) is 28.7 Å². The first-order valence-corrected chi connectivity index (χ1v) is 13.2. The molecule has 3 aromatic rings. The van der Waals surface area contributed by atoms with Crippen molar-refractivity contribution in [1.82, 2.24) is 5.32 Å². The molecule has 2 aromatic carbocycles. The van der Waals surface area contributed by atoms with Crippen LogP contribution in [0.1, 0.15) is 29.9 Å². The van der Waals surface area contributed by atoms with E-state index in [0.717, 1.165) is 17.8 Å². The molecule has 0 saturated carbocycles. The highest BCUT2D eigenvalue weighted by Gasteiger charge is 2.37. The second kappa shape index (κ2) is 12.3. The second-order valence-electron chi connectivity index (χ2n) is 8.93. The molecule has 3 N–H and O–H groups in total. The fraction of sp³-hybridized carbons (Fsp3) is 0.207. The molecule has 1 aromatic heterocycles. The van der Waals surface area contributed by atoms with Gasteiger partial charge in [-0.15, -0.1) is 0 Å². The maximum atomic E-state index is 13.6. The van der Waals surface area contributed by atoms with Gasteiger partial charge in [-0.25, -0.2) is 0 Å². The summed E-state index contributed by atoms with van der Waals surface area (Å²) in [5.41, 5.74) is -0.178. The van der Waals surface area contributed by atoms with Gasteiger partial charge in [-0.3, -0.25) is 9.59 Å².